The molecule has 0 heterocycles. The average Bonchev–Trinajstić information content (AvgIpc) is 2.35. The summed E-state index contributed by atoms with van der Waals surface area (Å²) in [5, 5.41) is 10.3. The molecule has 0 aromatic heterocycles. The summed E-state index contributed by atoms with van der Waals surface area (Å²) in [5.41, 5.74) is -0.846. The Morgan fingerprint density at radius 1 is 1.27 bits per heavy atom. The van der Waals surface area contributed by atoms with Gasteiger partial charge in [0.15, 0.2) is 5.78 Å². The van der Waals surface area contributed by atoms with Crippen molar-refractivity contribution < 1.29 is 19.4 Å². The molecule has 1 aliphatic rings. The molecular weight excluding hydrogens is 280 g/mol. The van der Waals surface area contributed by atoms with Gasteiger partial charge in [-0.05, 0) is 39.7 Å². The van der Waals surface area contributed by atoms with Crippen LogP contribution >= 0.6 is 0 Å². The van der Waals surface area contributed by atoms with Crippen LogP contribution in [0.3, 0.4) is 0 Å². The van der Waals surface area contributed by atoms with Crippen LogP contribution in [0.5, 0.6) is 0 Å². The van der Waals surface area contributed by atoms with Crippen LogP contribution in [0.25, 0.3) is 0 Å². The highest BCUT2D eigenvalue weighted by atomic mass is 16.6. The topological polar surface area (TPSA) is 63.6 Å². The first-order valence-corrected chi connectivity index (χ1v) is 7.62. The fourth-order valence-corrected chi connectivity index (χ4v) is 3.04. The minimum absolute atomic E-state index is 0.0136. The quantitative estimate of drug-likeness (QED) is 0.674. The Morgan fingerprint density at radius 2 is 1.86 bits per heavy atom. The highest BCUT2D eigenvalue weighted by molar-refractivity contribution is 6.01. The number of ketones is 1. The number of carbonyl (C=O) groups excluding carboxylic acids is 2. The Kier molecular flexibility index (Phi) is 4.43. The lowest BCUT2D eigenvalue weighted by atomic mass is 9.69. The van der Waals surface area contributed by atoms with Gasteiger partial charge in [0.1, 0.15) is 11.5 Å². The molecule has 3 atom stereocenters. The molecule has 4 heteroatoms. The summed E-state index contributed by atoms with van der Waals surface area (Å²) in [7, 11) is 0. The first kappa shape index (κ1) is 16.7. The van der Waals surface area contributed by atoms with Crippen LogP contribution in [-0.4, -0.2) is 28.1 Å². The monoisotopic (exact) mass is 304 g/mol. The van der Waals surface area contributed by atoms with E-state index in [-0.39, 0.29) is 18.1 Å². The third kappa shape index (κ3) is 3.95. The molecule has 120 valence electrons. The molecule has 1 aromatic rings. The largest absolute Gasteiger partial charge is 0.459 e. The van der Waals surface area contributed by atoms with Crippen LogP contribution in [0.4, 0.5) is 0 Å². The van der Waals surface area contributed by atoms with E-state index in [1.165, 1.54) is 0 Å². The summed E-state index contributed by atoms with van der Waals surface area (Å²) in [6.07, 6.45) is 0.354. The van der Waals surface area contributed by atoms with E-state index in [0.29, 0.717) is 6.42 Å². The lowest BCUT2D eigenvalue weighted by Gasteiger charge is -2.38. The number of ether oxygens (including phenoxy) is 1. The summed E-state index contributed by atoms with van der Waals surface area (Å²) in [6.45, 7) is 7.00. The first-order valence-electron chi connectivity index (χ1n) is 7.62. The van der Waals surface area contributed by atoms with Crippen LogP contribution in [0.15, 0.2) is 30.3 Å². The van der Waals surface area contributed by atoms with Gasteiger partial charge >= 0.3 is 5.97 Å². The zero-order valence-electron chi connectivity index (χ0n) is 13.6. The van der Waals surface area contributed by atoms with Crippen molar-refractivity contribution in [3.63, 3.8) is 0 Å². The molecule has 22 heavy (non-hydrogen) atoms. The standard InChI is InChI=1S/C18H24O4/c1-17(2,3)22-16(20)15-13(12-8-6-5-7-9-12)10-18(4,21)11-14(15)19/h5-9,13,15,21H,10-11H2,1-4H3. The van der Waals surface area contributed by atoms with Gasteiger partial charge in [0.25, 0.3) is 0 Å². The Labute approximate surface area is 131 Å². The van der Waals surface area contributed by atoms with Crippen LogP contribution < -0.4 is 0 Å². The molecule has 1 N–H and O–H groups in total. The van der Waals surface area contributed by atoms with Gasteiger partial charge < -0.3 is 9.84 Å². The lowest BCUT2D eigenvalue weighted by molar-refractivity contribution is -0.166. The van der Waals surface area contributed by atoms with Gasteiger partial charge in [0.2, 0.25) is 0 Å². The van der Waals surface area contributed by atoms with E-state index in [2.05, 4.69) is 0 Å². The number of aliphatic hydroxyl groups is 1. The Hall–Kier alpha value is -1.68. The van der Waals surface area contributed by atoms with Crippen molar-refractivity contribution in [3.05, 3.63) is 35.9 Å². The average molecular weight is 304 g/mol. The lowest BCUT2D eigenvalue weighted by Crippen LogP contribution is -2.46. The van der Waals surface area contributed by atoms with Gasteiger partial charge in [-0.3, -0.25) is 9.59 Å². The minimum Gasteiger partial charge on any atom is -0.459 e. The van der Waals surface area contributed by atoms with E-state index < -0.39 is 23.1 Å². The number of benzene rings is 1. The molecule has 2 rings (SSSR count). The van der Waals surface area contributed by atoms with E-state index in [1.54, 1.807) is 27.7 Å². The molecule has 0 aliphatic heterocycles. The zero-order valence-corrected chi connectivity index (χ0v) is 13.6. The van der Waals surface area contributed by atoms with Gasteiger partial charge in [0.05, 0.1) is 5.60 Å². The van der Waals surface area contributed by atoms with Crippen molar-refractivity contribution in [1.29, 1.82) is 0 Å². The first-order chi connectivity index (χ1) is 10.1. The predicted molar refractivity (Wildman–Crippen MR) is 83.4 cm³/mol. The maximum Gasteiger partial charge on any atom is 0.317 e. The zero-order chi connectivity index (χ0) is 16.5. The second-order valence-corrected chi connectivity index (χ2v) is 7.37. The van der Waals surface area contributed by atoms with Gasteiger partial charge in [-0.15, -0.1) is 0 Å². The van der Waals surface area contributed by atoms with E-state index >= 15 is 0 Å². The molecule has 0 amide bonds. The third-order valence-corrected chi connectivity index (χ3v) is 3.85. The summed E-state index contributed by atoms with van der Waals surface area (Å²) in [4.78, 5) is 25.0. The van der Waals surface area contributed by atoms with Gasteiger partial charge in [-0.1, -0.05) is 30.3 Å². The van der Waals surface area contributed by atoms with Crippen LogP contribution in [-0.2, 0) is 14.3 Å². The number of rotatable bonds is 2. The van der Waals surface area contributed by atoms with Crippen LogP contribution in [0.1, 0.15) is 52.0 Å². The maximum atomic E-state index is 12.5. The minimum atomic E-state index is -1.09. The fourth-order valence-electron chi connectivity index (χ4n) is 3.04. The molecule has 3 unspecified atom stereocenters. The van der Waals surface area contributed by atoms with Crippen LogP contribution in [0.2, 0.25) is 0 Å². The molecule has 0 bridgehead atoms. The van der Waals surface area contributed by atoms with Crippen molar-refractivity contribution >= 4 is 11.8 Å². The molecule has 4 nitrogen and oxygen atoms in total. The Morgan fingerprint density at radius 3 is 2.41 bits per heavy atom. The van der Waals surface area contributed by atoms with E-state index in [4.69, 9.17) is 4.74 Å². The van der Waals surface area contributed by atoms with Crippen LogP contribution in [0, 0.1) is 5.92 Å². The SMILES string of the molecule is CC1(O)CC(=O)C(C(=O)OC(C)(C)C)C(c2ccccc2)C1. The maximum absolute atomic E-state index is 12.5. The summed E-state index contributed by atoms with van der Waals surface area (Å²) < 4.78 is 5.43. The smallest absolute Gasteiger partial charge is 0.317 e. The number of carbonyl (C=O) groups is 2. The highest BCUT2D eigenvalue weighted by Crippen LogP contribution is 2.41. The molecule has 0 spiro atoms. The van der Waals surface area contributed by atoms with Crippen molar-refractivity contribution in [2.24, 2.45) is 5.92 Å². The van der Waals surface area contributed by atoms with E-state index in [1.807, 2.05) is 30.3 Å². The van der Waals surface area contributed by atoms with Crippen molar-refractivity contribution in [3.8, 4) is 0 Å². The number of hydrogen-bond acceptors (Lipinski definition) is 4. The fraction of sp³-hybridized carbons (Fsp3) is 0.556. The van der Waals surface area contributed by atoms with Crippen molar-refractivity contribution in [1.82, 2.24) is 0 Å². The third-order valence-electron chi connectivity index (χ3n) is 3.85. The summed E-state index contributed by atoms with van der Waals surface area (Å²) in [5.74, 6) is -1.95. The van der Waals surface area contributed by atoms with Crippen molar-refractivity contribution in [2.45, 2.75) is 57.7 Å². The van der Waals surface area contributed by atoms with E-state index in [0.717, 1.165) is 5.56 Å². The molecular formula is C18H24O4. The number of Topliss-reactive ketones (excluding diaryl/α,β-unsaturated/α-hetero) is 1. The van der Waals surface area contributed by atoms with Gasteiger partial charge in [-0.25, -0.2) is 0 Å². The number of esters is 1. The molecule has 0 saturated heterocycles. The van der Waals surface area contributed by atoms with Gasteiger partial charge in [-0.2, -0.15) is 0 Å². The molecule has 1 fully saturated rings. The number of hydrogen-bond donors (Lipinski definition) is 1. The Bertz CT molecular complexity index is 554. The molecule has 1 aliphatic carbocycles. The second-order valence-electron chi connectivity index (χ2n) is 7.37. The molecule has 1 aromatic carbocycles. The predicted octanol–water partition coefficient (Wildman–Crippen LogP) is 2.84. The summed E-state index contributed by atoms with van der Waals surface area (Å²) in [6, 6.07) is 9.40. The van der Waals surface area contributed by atoms with Gasteiger partial charge in [0, 0.05) is 12.3 Å². The molecule has 1 saturated carbocycles. The van der Waals surface area contributed by atoms with Crippen molar-refractivity contribution in [2.75, 3.05) is 0 Å². The van der Waals surface area contributed by atoms with E-state index in [9.17, 15) is 14.7 Å². The highest BCUT2D eigenvalue weighted by Gasteiger charge is 2.47. The molecule has 0 radical (unpaired) electrons. The Balaban J connectivity index is 2.35. The normalized spacial score (nSPS) is 29.2. The second kappa shape index (κ2) is 5.84. The summed E-state index contributed by atoms with van der Waals surface area (Å²) >= 11 is 0.